The number of hydrogen-bond donors (Lipinski definition) is 1. The number of piperidine rings is 1. The Kier molecular flexibility index (Phi) is 5.26. The molecule has 0 saturated carbocycles. The van der Waals surface area contributed by atoms with Gasteiger partial charge in [-0.3, -0.25) is 4.79 Å². The fraction of sp³-hybridized carbons (Fsp3) is 0.533. The summed E-state index contributed by atoms with van der Waals surface area (Å²) >= 11 is 5.94. The van der Waals surface area contributed by atoms with E-state index in [1.807, 2.05) is 13.0 Å². The van der Waals surface area contributed by atoms with E-state index < -0.39 is 0 Å². The van der Waals surface area contributed by atoms with Crippen molar-refractivity contribution in [1.29, 1.82) is 0 Å². The normalized spacial score (nSPS) is 18.9. The number of aliphatic hydroxyl groups excluding tert-OH is 1. The lowest BCUT2D eigenvalue weighted by atomic mass is 10.0. The fourth-order valence-corrected chi connectivity index (χ4v) is 2.57. The van der Waals surface area contributed by atoms with E-state index >= 15 is 0 Å². The van der Waals surface area contributed by atoms with Crippen molar-refractivity contribution in [2.45, 2.75) is 32.2 Å². The van der Waals surface area contributed by atoms with Crippen LogP contribution in [0.2, 0.25) is 5.02 Å². The van der Waals surface area contributed by atoms with Crippen LogP contribution in [0, 0.1) is 6.92 Å². The Morgan fingerprint density at radius 1 is 1.50 bits per heavy atom. The molecule has 1 saturated heterocycles. The summed E-state index contributed by atoms with van der Waals surface area (Å²) in [5.41, 5.74) is 0.919. The molecule has 20 heavy (non-hydrogen) atoms. The number of aliphatic hydroxyl groups is 1. The van der Waals surface area contributed by atoms with Crippen LogP contribution in [0.25, 0.3) is 0 Å². The van der Waals surface area contributed by atoms with Gasteiger partial charge in [-0.2, -0.15) is 0 Å². The maximum atomic E-state index is 12.2. The monoisotopic (exact) mass is 297 g/mol. The minimum atomic E-state index is -0.0728. The maximum Gasteiger partial charge on any atom is 0.260 e. The molecule has 4 nitrogen and oxygen atoms in total. The molecular weight excluding hydrogens is 278 g/mol. The Hall–Kier alpha value is -1.26. The number of aryl methyl sites for hydroxylation is 1. The number of ether oxygens (including phenoxy) is 1. The number of halogens is 1. The van der Waals surface area contributed by atoms with Crippen molar-refractivity contribution in [2.75, 3.05) is 19.8 Å². The Bertz CT molecular complexity index is 478. The lowest BCUT2D eigenvalue weighted by Crippen LogP contribution is -2.47. The number of likely N-dealkylation sites (tertiary alicyclic amines) is 1. The van der Waals surface area contributed by atoms with Crippen LogP contribution < -0.4 is 4.74 Å². The van der Waals surface area contributed by atoms with Crippen LogP contribution in [0.1, 0.15) is 24.8 Å². The van der Waals surface area contributed by atoms with Gasteiger partial charge in [-0.05, 0) is 49.9 Å². The van der Waals surface area contributed by atoms with Gasteiger partial charge in [-0.1, -0.05) is 11.6 Å². The zero-order valence-corrected chi connectivity index (χ0v) is 12.4. The SMILES string of the molecule is Cc1cc(OCC(=O)N2CCCCC2CO)ccc1Cl. The van der Waals surface area contributed by atoms with E-state index in [1.165, 1.54) is 0 Å². The van der Waals surface area contributed by atoms with Crippen LogP contribution in [-0.2, 0) is 4.79 Å². The van der Waals surface area contributed by atoms with E-state index in [1.54, 1.807) is 17.0 Å². The molecule has 0 spiro atoms. The minimum absolute atomic E-state index is 0.00241. The summed E-state index contributed by atoms with van der Waals surface area (Å²) in [5, 5.41) is 9.99. The molecule has 0 bridgehead atoms. The number of nitrogens with zero attached hydrogens (tertiary/aromatic N) is 1. The molecule has 1 N–H and O–H groups in total. The Morgan fingerprint density at radius 2 is 2.30 bits per heavy atom. The van der Waals surface area contributed by atoms with Gasteiger partial charge >= 0.3 is 0 Å². The van der Waals surface area contributed by atoms with Gasteiger partial charge in [0.1, 0.15) is 5.75 Å². The molecule has 1 atom stereocenters. The number of carbonyl (C=O) groups excluding carboxylic acids is 1. The lowest BCUT2D eigenvalue weighted by molar-refractivity contribution is -0.138. The van der Waals surface area contributed by atoms with Crippen molar-refractivity contribution < 1.29 is 14.6 Å². The summed E-state index contributed by atoms with van der Waals surface area (Å²) in [6, 6.07) is 5.26. The quantitative estimate of drug-likeness (QED) is 0.928. The first-order chi connectivity index (χ1) is 9.61. The molecule has 1 unspecified atom stereocenters. The van der Waals surface area contributed by atoms with Crippen LogP contribution >= 0.6 is 11.6 Å². The van der Waals surface area contributed by atoms with Gasteiger partial charge < -0.3 is 14.7 Å². The number of amides is 1. The predicted molar refractivity (Wildman–Crippen MR) is 78.1 cm³/mol. The Balaban J connectivity index is 1.92. The summed E-state index contributed by atoms with van der Waals surface area (Å²) in [4.78, 5) is 13.9. The van der Waals surface area contributed by atoms with Gasteiger partial charge in [-0.25, -0.2) is 0 Å². The van der Waals surface area contributed by atoms with Crippen molar-refractivity contribution >= 4 is 17.5 Å². The maximum absolute atomic E-state index is 12.2. The molecule has 2 rings (SSSR count). The topological polar surface area (TPSA) is 49.8 Å². The van der Waals surface area contributed by atoms with E-state index in [2.05, 4.69) is 0 Å². The van der Waals surface area contributed by atoms with Crippen LogP contribution in [0.5, 0.6) is 5.75 Å². The molecule has 110 valence electrons. The van der Waals surface area contributed by atoms with Crippen LogP contribution in [0.4, 0.5) is 0 Å². The molecule has 1 aromatic carbocycles. The first-order valence-corrected chi connectivity index (χ1v) is 7.29. The summed E-state index contributed by atoms with van der Waals surface area (Å²) in [7, 11) is 0. The van der Waals surface area contributed by atoms with Crippen molar-refractivity contribution in [3.8, 4) is 5.75 Å². The third-order valence-corrected chi connectivity index (χ3v) is 4.07. The summed E-state index contributed by atoms with van der Waals surface area (Å²) < 4.78 is 5.52. The van der Waals surface area contributed by atoms with Crippen LogP contribution in [-0.4, -0.2) is 41.7 Å². The van der Waals surface area contributed by atoms with E-state index in [4.69, 9.17) is 16.3 Å². The second-order valence-corrected chi connectivity index (χ2v) is 5.53. The fourth-order valence-electron chi connectivity index (χ4n) is 2.45. The van der Waals surface area contributed by atoms with Crippen molar-refractivity contribution in [1.82, 2.24) is 4.90 Å². The van der Waals surface area contributed by atoms with E-state index in [0.29, 0.717) is 17.3 Å². The molecule has 0 aliphatic carbocycles. The zero-order valence-electron chi connectivity index (χ0n) is 11.6. The predicted octanol–water partition coefficient (Wildman–Crippen LogP) is 2.40. The first kappa shape index (κ1) is 15.1. The summed E-state index contributed by atoms with van der Waals surface area (Å²) in [5.74, 6) is 0.564. The summed E-state index contributed by atoms with van der Waals surface area (Å²) in [6.07, 6.45) is 2.91. The second kappa shape index (κ2) is 6.95. The molecule has 1 aromatic rings. The van der Waals surface area contributed by atoms with Gasteiger partial charge in [0.05, 0.1) is 12.6 Å². The number of carbonyl (C=O) groups is 1. The average molecular weight is 298 g/mol. The van der Waals surface area contributed by atoms with E-state index in [9.17, 15) is 9.90 Å². The molecular formula is C15H20ClNO3. The van der Waals surface area contributed by atoms with Gasteiger partial charge in [0.25, 0.3) is 5.91 Å². The number of hydrogen-bond acceptors (Lipinski definition) is 3. The average Bonchev–Trinajstić information content (AvgIpc) is 2.48. The lowest BCUT2D eigenvalue weighted by Gasteiger charge is -2.34. The molecule has 1 amide bonds. The highest BCUT2D eigenvalue weighted by Crippen LogP contribution is 2.21. The molecule has 0 aromatic heterocycles. The van der Waals surface area contributed by atoms with E-state index in [0.717, 1.165) is 24.8 Å². The van der Waals surface area contributed by atoms with Gasteiger partial charge in [0.15, 0.2) is 6.61 Å². The van der Waals surface area contributed by atoms with Gasteiger partial charge in [0.2, 0.25) is 0 Å². The molecule has 1 fully saturated rings. The number of benzene rings is 1. The molecule has 1 aliphatic rings. The standard InChI is InChI=1S/C15H20ClNO3/c1-11-8-13(5-6-14(11)16)20-10-15(19)17-7-3-2-4-12(17)9-18/h5-6,8,12,18H,2-4,7,9-10H2,1H3. The smallest absolute Gasteiger partial charge is 0.260 e. The van der Waals surface area contributed by atoms with Gasteiger partial charge in [-0.15, -0.1) is 0 Å². The molecule has 1 heterocycles. The third kappa shape index (κ3) is 3.64. The largest absolute Gasteiger partial charge is 0.484 e. The highest BCUT2D eigenvalue weighted by Gasteiger charge is 2.26. The third-order valence-electron chi connectivity index (χ3n) is 3.65. The highest BCUT2D eigenvalue weighted by molar-refractivity contribution is 6.31. The molecule has 0 radical (unpaired) electrons. The summed E-state index contributed by atoms with van der Waals surface area (Å²) in [6.45, 7) is 2.61. The zero-order chi connectivity index (χ0) is 14.5. The second-order valence-electron chi connectivity index (χ2n) is 5.12. The number of rotatable bonds is 4. The van der Waals surface area contributed by atoms with Gasteiger partial charge in [0, 0.05) is 11.6 Å². The molecule has 5 heteroatoms. The van der Waals surface area contributed by atoms with E-state index in [-0.39, 0.29) is 25.2 Å². The highest BCUT2D eigenvalue weighted by atomic mass is 35.5. The van der Waals surface area contributed by atoms with Crippen molar-refractivity contribution in [3.63, 3.8) is 0 Å². The molecule has 1 aliphatic heterocycles. The van der Waals surface area contributed by atoms with Crippen molar-refractivity contribution in [3.05, 3.63) is 28.8 Å². The Labute approximate surface area is 124 Å². The first-order valence-electron chi connectivity index (χ1n) is 6.91. The minimum Gasteiger partial charge on any atom is -0.484 e. The Morgan fingerprint density at radius 3 is 3.00 bits per heavy atom. The van der Waals surface area contributed by atoms with Crippen LogP contribution in [0.15, 0.2) is 18.2 Å². The van der Waals surface area contributed by atoms with Crippen LogP contribution in [0.3, 0.4) is 0 Å². The van der Waals surface area contributed by atoms with Crippen molar-refractivity contribution in [2.24, 2.45) is 0 Å².